The summed E-state index contributed by atoms with van der Waals surface area (Å²) in [6.07, 6.45) is 2.20. The summed E-state index contributed by atoms with van der Waals surface area (Å²) >= 11 is 0. The molecule has 1 aromatic heterocycles. The zero-order valence-electron chi connectivity index (χ0n) is 14.2. The van der Waals surface area contributed by atoms with Crippen molar-refractivity contribution in [3.8, 4) is 0 Å². The summed E-state index contributed by atoms with van der Waals surface area (Å²) in [5.74, 6) is 0.851. The van der Waals surface area contributed by atoms with Gasteiger partial charge in [-0.3, -0.25) is 14.4 Å². The minimum Gasteiger partial charge on any atom is -0.339 e. The van der Waals surface area contributed by atoms with Crippen LogP contribution in [0.3, 0.4) is 0 Å². The summed E-state index contributed by atoms with van der Waals surface area (Å²) in [7, 11) is 0. The van der Waals surface area contributed by atoms with E-state index in [-0.39, 0.29) is 29.1 Å². The number of carbonyl (C=O) groups is 2. The average molecular weight is 332 g/mol. The van der Waals surface area contributed by atoms with Gasteiger partial charge in [0.1, 0.15) is 5.69 Å². The summed E-state index contributed by atoms with van der Waals surface area (Å²) in [6, 6.07) is 3.01. The van der Waals surface area contributed by atoms with E-state index in [1.807, 2.05) is 4.90 Å². The molecular weight excluding hydrogens is 308 g/mol. The summed E-state index contributed by atoms with van der Waals surface area (Å²) in [6.45, 7) is 6.29. The van der Waals surface area contributed by atoms with Gasteiger partial charge in [0.05, 0.1) is 0 Å². The molecule has 1 N–H and O–H groups in total. The number of piperidine rings is 2. The van der Waals surface area contributed by atoms with Crippen LogP contribution in [0.15, 0.2) is 16.9 Å². The summed E-state index contributed by atoms with van der Waals surface area (Å²) in [5, 5.41) is 6.14. The summed E-state index contributed by atoms with van der Waals surface area (Å²) in [5.41, 5.74) is -0.0562. The molecule has 0 spiro atoms. The first kappa shape index (κ1) is 16.7. The average Bonchev–Trinajstić information content (AvgIpc) is 2.57. The zero-order valence-corrected chi connectivity index (χ0v) is 14.2. The van der Waals surface area contributed by atoms with Gasteiger partial charge >= 0.3 is 0 Å². The van der Waals surface area contributed by atoms with Crippen molar-refractivity contribution in [1.29, 1.82) is 0 Å². The van der Waals surface area contributed by atoms with Gasteiger partial charge in [0.25, 0.3) is 11.5 Å². The predicted octanol–water partition coefficient (Wildman–Crippen LogP) is 0.879. The number of aromatic amines is 1. The number of carbonyl (C=O) groups excluding carboxylic acids is 2. The summed E-state index contributed by atoms with van der Waals surface area (Å²) in [4.78, 5) is 39.7. The Morgan fingerprint density at radius 1 is 1.33 bits per heavy atom. The van der Waals surface area contributed by atoms with Gasteiger partial charge in [0.2, 0.25) is 5.91 Å². The van der Waals surface area contributed by atoms with Gasteiger partial charge in [-0.15, -0.1) is 0 Å². The van der Waals surface area contributed by atoms with E-state index >= 15 is 0 Å². The molecule has 2 aliphatic rings. The van der Waals surface area contributed by atoms with Gasteiger partial charge in [0, 0.05) is 38.2 Å². The number of nitrogens with one attached hydrogen (secondary N) is 1. The normalized spacial score (nSPS) is 24.2. The fourth-order valence-electron chi connectivity index (χ4n) is 3.79. The second-order valence-electron chi connectivity index (χ2n) is 7.15. The molecule has 0 unspecified atom stereocenters. The van der Waals surface area contributed by atoms with Crippen LogP contribution in [-0.2, 0) is 4.79 Å². The molecule has 2 saturated heterocycles. The van der Waals surface area contributed by atoms with Crippen LogP contribution in [0, 0.1) is 11.8 Å². The molecule has 2 aliphatic heterocycles. The zero-order chi connectivity index (χ0) is 17.3. The first-order chi connectivity index (χ1) is 11.5. The van der Waals surface area contributed by atoms with Gasteiger partial charge in [0.15, 0.2) is 0 Å². The first-order valence-electron chi connectivity index (χ1n) is 8.60. The standard InChI is InChI=1S/C17H24N4O3/c1-11(2)9-21-14-7-8-20(10-12(14)3-6-16(21)23)17(24)13-4-5-15(22)19-18-13/h4-5,11-12,14H,3,6-10H2,1-2H3,(H,19,22)/t12-,14+/m0/s1. The van der Waals surface area contributed by atoms with Gasteiger partial charge in [-0.05, 0) is 30.7 Å². The largest absolute Gasteiger partial charge is 0.339 e. The second kappa shape index (κ2) is 6.75. The van der Waals surface area contributed by atoms with Crippen LogP contribution in [0.25, 0.3) is 0 Å². The SMILES string of the molecule is CC(C)CN1C(=O)CC[C@H]2CN(C(=O)c3ccc(=O)[nH]n3)CC[C@H]21. The highest BCUT2D eigenvalue weighted by atomic mass is 16.2. The van der Waals surface area contributed by atoms with Crippen molar-refractivity contribution >= 4 is 11.8 Å². The topological polar surface area (TPSA) is 86.4 Å². The Hall–Kier alpha value is -2.18. The lowest BCUT2D eigenvalue weighted by Crippen LogP contribution is -2.57. The maximum absolute atomic E-state index is 12.6. The van der Waals surface area contributed by atoms with Crippen molar-refractivity contribution in [2.75, 3.05) is 19.6 Å². The molecule has 2 atom stereocenters. The van der Waals surface area contributed by atoms with Crippen LogP contribution in [0.2, 0.25) is 0 Å². The number of aromatic nitrogens is 2. The lowest BCUT2D eigenvalue weighted by atomic mass is 9.83. The minimum atomic E-state index is -0.319. The van der Waals surface area contributed by atoms with Gasteiger partial charge in [-0.1, -0.05) is 13.8 Å². The van der Waals surface area contributed by atoms with Crippen LogP contribution in [0.1, 0.15) is 43.6 Å². The molecule has 2 fully saturated rings. The lowest BCUT2D eigenvalue weighted by Gasteiger charge is -2.47. The Balaban J connectivity index is 1.70. The van der Waals surface area contributed by atoms with Crippen molar-refractivity contribution < 1.29 is 9.59 Å². The van der Waals surface area contributed by atoms with Crippen LogP contribution in [0.5, 0.6) is 0 Å². The Bertz CT molecular complexity index is 664. The first-order valence-corrected chi connectivity index (χ1v) is 8.60. The fraction of sp³-hybridized carbons (Fsp3) is 0.647. The molecule has 2 amide bonds. The molecule has 24 heavy (non-hydrogen) atoms. The molecule has 1 aromatic rings. The Morgan fingerprint density at radius 3 is 2.79 bits per heavy atom. The van der Waals surface area contributed by atoms with E-state index in [1.54, 1.807) is 4.90 Å². The monoisotopic (exact) mass is 332 g/mol. The third-order valence-corrected chi connectivity index (χ3v) is 4.89. The van der Waals surface area contributed by atoms with Crippen LogP contribution < -0.4 is 5.56 Å². The number of amides is 2. The highest BCUT2D eigenvalue weighted by Gasteiger charge is 2.40. The second-order valence-corrected chi connectivity index (χ2v) is 7.15. The highest BCUT2D eigenvalue weighted by molar-refractivity contribution is 5.92. The van der Waals surface area contributed by atoms with Crippen molar-refractivity contribution in [2.24, 2.45) is 11.8 Å². The predicted molar refractivity (Wildman–Crippen MR) is 88.4 cm³/mol. The maximum atomic E-state index is 12.6. The molecule has 0 bridgehead atoms. The fourth-order valence-corrected chi connectivity index (χ4v) is 3.79. The molecule has 130 valence electrons. The van der Waals surface area contributed by atoms with Crippen LogP contribution >= 0.6 is 0 Å². The molecule has 3 heterocycles. The van der Waals surface area contributed by atoms with Crippen molar-refractivity contribution in [3.63, 3.8) is 0 Å². The Labute approximate surface area is 141 Å². The number of fused-ring (bicyclic) bond motifs is 1. The van der Waals surface area contributed by atoms with Crippen LogP contribution in [-0.4, -0.2) is 57.5 Å². The summed E-state index contributed by atoms with van der Waals surface area (Å²) < 4.78 is 0. The van der Waals surface area contributed by atoms with E-state index in [0.717, 1.165) is 19.4 Å². The number of H-pyrrole nitrogens is 1. The Morgan fingerprint density at radius 2 is 2.12 bits per heavy atom. The highest BCUT2D eigenvalue weighted by Crippen LogP contribution is 2.32. The van der Waals surface area contributed by atoms with E-state index in [4.69, 9.17) is 0 Å². The minimum absolute atomic E-state index is 0.156. The number of hydrogen-bond acceptors (Lipinski definition) is 4. The maximum Gasteiger partial charge on any atom is 0.274 e. The molecule has 7 nitrogen and oxygen atoms in total. The third kappa shape index (κ3) is 3.34. The van der Waals surface area contributed by atoms with E-state index in [0.29, 0.717) is 31.3 Å². The molecule has 0 saturated carbocycles. The van der Waals surface area contributed by atoms with E-state index < -0.39 is 0 Å². The lowest BCUT2D eigenvalue weighted by molar-refractivity contribution is -0.141. The number of likely N-dealkylation sites (tertiary alicyclic amines) is 2. The van der Waals surface area contributed by atoms with E-state index in [2.05, 4.69) is 24.0 Å². The smallest absolute Gasteiger partial charge is 0.274 e. The van der Waals surface area contributed by atoms with Gasteiger partial charge in [-0.2, -0.15) is 5.10 Å². The van der Waals surface area contributed by atoms with Crippen molar-refractivity contribution in [2.45, 2.75) is 39.2 Å². The molecule has 3 rings (SSSR count). The van der Waals surface area contributed by atoms with Gasteiger partial charge < -0.3 is 9.80 Å². The molecule has 0 aliphatic carbocycles. The Kier molecular flexibility index (Phi) is 4.69. The van der Waals surface area contributed by atoms with Gasteiger partial charge in [-0.25, -0.2) is 5.10 Å². The molecule has 7 heteroatoms. The van der Waals surface area contributed by atoms with E-state index in [1.165, 1.54) is 12.1 Å². The molecular formula is C17H24N4O3. The molecule has 0 aromatic carbocycles. The van der Waals surface area contributed by atoms with Crippen LogP contribution in [0.4, 0.5) is 0 Å². The van der Waals surface area contributed by atoms with Crippen molar-refractivity contribution in [1.82, 2.24) is 20.0 Å². The van der Waals surface area contributed by atoms with E-state index in [9.17, 15) is 14.4 Å². The third-order valence-electron chi connectivity index (χ3n) is 4.89. The number of hydrogen-bond donors (Lipinski definition) is 1. The molecule has 0 radical (unpaired) electrons. The van der Waals surface area contributed by atoms with Crippen molar-refractivity contribution in [3.05, 3.63) is 28.2 Å². The number of nitrogens with zero attached hydrogens (tertiary/aromatic N) is 3. The number of rotatable bonds is 3. The quantitative estimate of drug-likeness (QED) is 0.890.